The Morgan fingerprint density at radius 3 is 3.00 bits per heavy atom. The second-order valence-corrected chi connectivity index (χ2v) is 5.47. The highest BCUT2D eigenvalue weighted by molar-refractivity contribution is 5.96. The van der Waals surface area contributed by atoms with Crippen LogP contribution in [-0.4, -0.2) is 58.7 Å². The maximum absolute atomic E-state index is 12.7. The molecule has 132 valence electrons. The van der Waals surface area contributed by atoms with Gasteiger partial charge in [-0.05, 0) is 19.1 Å². The molecule has 1 unspecified atom stereocenters. The molecule has 0 saturated carbocycles. The lowest BCUT2D eigenvalue weighted by molar-refractivity contribution is 0.0765. The van der Waals surface area contributed by atoms with Crippen LogP contribution < -0.4 is 14.2 Å². The van der Waals surface area contributed by atoms with Gasteiger partial charge in [-0.25, -0.2) is 4.98 Å². The van der Waals surface area contributed by atoms with Crippen molar-refractivity contribution < 1.29 is 19.0 Å². The molecule has 2 aromatic rings. The Morgan fingerprint density at radius 2 is 2.20 bits per heavy atom. The molecule has 0 radical (unpaired) electrons. The summed E-state index contributed by atoms with van der Waals surface area (Å²) in [5.74, 6) is 1.02. The normalized spacial score (nSPS) is 16.6. The van der Waals surface area contributed by atoms with Crippen molar-refractivity contribution in [2.24, 2.45) is 0 Å². The third-order valence-corrected chi connectivity index (χ3v) is 3.80. The average Bonchev–Trinajstić information content (AvgIpc) is 3.10. The summed E-state index contributed by atoms with van der Waals surface area (Å²) >= 11 is 0. The highest BCUT2D eigenvalue weighted by atomic mass is 16.5. The number of nitrogens with zero attached hydrogens (tertiary/aromatic N) is 4. The Morgan fingerprint density at radius 1 is 1.36 bits per heavy atom. The molecular formula is C17H20N4O4. The Bertz CT molecular complexity index is 740. The van der Waals surface area contributed by atoms with Crippen molar-refractivity contribution in [2.45, 2.75) is 19.4 Å². The Kier molecular flexibility index (Phi) is 5.27. The summed E-state index contributed by atoms with van der Waals surface area (Å²) in [4.78, 5) is 26.8. The SMILES string of the molecule is CCOc1ncccc1C(=O)N1CCC(Oc2cncc(OC)n2)C1. The van der Waals surface area contributed by atoms with Gasteiger partial charge < -0.3 is 19.1 Å². The van der Waals surface area contributed by atoms with Crippen LogP contribution in [0.25, 0.3) is 0 Å². The zero-order valence-corrected chi connectivity index (χ0v) is 14.2. The number of ether oxygens (including phenoxy) is 3. The number of carbonyl (C=O) groups is 1. The maximum atomic E-state index is 12.7. The third kappa shape index (κ3) is 3.96. The minimum absolute atomic E-state index is 0.112. The van der Waals surface area contributed by atoms with Gasteiger partial charge in [0.05, 0.1) is 32.7 Å². The van der Waals surface area contributed by atoms with Gasteiger partial charge in [0.1, 0.15) is 11.7 Å². The molecule has 0 spiro atoms. The van der Waals surface area contributed by atoms with Crippen LogP contribution in [0.5, 0.6) is 17.6 Å². The fourth-order valence-corrected chi connectivity index (χ4v) is 2.64. The van der Waals surface area contributed by atoms with Crippen molar-refractivity contribution in [2.75, 3.05) is 26.8 Å². The van der Waals surface area contributed by atoms with Gasteiger partial charge in [0.25, 0.3) is 5.91 Å². The summed E-state index contributed by atoms with van der Waals surface area (Å²) in [7, 11) is 1.52. The molecule has 1 amide bonds. The van der Waals surface area contributed by atoms with Crippen molar-refractivity contribution in [1.82, 2.24) is 19.9 Å². The minimum atomic E-state index is -0.141. The molecule has 1 saturated heterocycles. The lowest BCUT2D eigenvalue weighted by Gasteiger charge is -2.18. The van der Waals surface area contributed by atoms with E-state index in [4.69, 9.17) is 14.2 Å². The number of amides is 1. The summed E-state index contributed by atoms with van der Waals surface area (Å²) in [5.41, 5.74) is 0.464. The first kappa shape index (κ1) is 16.9. The second kappa shape index (κ2) is 7.78. The van der Waals surface area contributed by atoms with Crippen molar-refractivity contribution in [3.8, 4) is 17.6 Å². The first-order chi connectivity index (χ1) is 12.2. The predicted molar refractivity (Wildman–Crippen MR) is 88.9 cm³/mol. The monoisotopic (exact) mass is 344 g/mol. The summed E-state index contributed by atoms with van der Waals surface area (Å²) in [5, 5.41) is 0. The molecule has 0 N–H and O–H groups in total. The smallest absolute Gasteiger partial charge is 0.259 e. The zero-order chi connectivity index (χ0) is 17.6. The topological polar surface area (TPSA) is 86.7 Å². The van der Waals surface area contributed by atoms with Gasteiger partial charge in [-0.15, -0.1) is 0 Å². The molecule has 1 atom stereocenters. The first-order valence-electron chi connectivity index (χ1n) is 8.11. The van der Waals surface area contributed by atoms with E-state index in [1.807, 2.05) is 6.92 Å². The van der Waals surface area contributed by atoms with E-state index in [1.54, 1.807) is 23.2 Å². The molecule has 8 heteroatoms. The molecule has 2 aromatic heterocycles. The van der Waals surface area contributed by atoms with Gasteiger partial charge in [-0.3, -0.25) is 9.78 Å². The highest BCUT2D eigenvalue weighted by Gasteiger charge is 2.30. The molecule has 1 fully saturated rings. The molecule has 8 nitrogen and oxygen atoms in total. The third-order valence-electron chi connectivity index (χ3n) is 3.80. The van der Waals surface area contributed by atoms with Crippen LogP contribution in [0, 0.1) is 0 Å². The van der Waals surface area contributed by atoms with E-state index in [2.05, 4.69) is 15.0 Å². The number of carbonyl (C=O) groups excluding carboxylic acids is 1. The summed E-state index contributed by atoms with van der Waals surface area (Å²) in [6, 6.07) is 3.45. The average molecular weight is 344 g/mol. The number of methoxy groups -OCH3 is 1. The van der Waals surface area contributed by atoms with Gasteiger partial charge in [0.15, 0.2) is 0 Å². The van der Waals surface area contributed by atoms with Crippen molar-refractivity contribution in [3.05, 3.63) is 36.3 Å². The first-order valence-corrected chi connectivity index (χ1v) is 8.11. The lowest BCUT2D eigenvalue weighted by atomic mass is 10.2. The number of pyridine rings is 1. The van der Waals surface area contributed by atoms with Gasteiger partial charge in [0.2, 0.25) is 17.6 Å². The van der Waals surface area contributed by atoms with Crippen molar-refractivity contribution >= 4 is 5.91 Å². The van der Waals surface area contributed by atoms with Crippen LogP contribution in [-0.2, 0) is 0 Å². The van der Waals surface area contributed by atoms with Crippen LogP contribution >= 0.6 is 0 Å². The number of aromatic nitrogens is 3. The minimum Gasteiger partial charge on any atom is -0.480 e. The van der Waals surface area contributed by atoms with E-state index in [0.717, 1.165) is 6.42 Å². The van der Waals surface area contributed by atoms with E-state index >= 15 is 0 Å². The Labute approximate surface area is 145 Å². The van der Waals surface area contributed by atoms with Crippen LogP contribution in [0.3, 0.4) is 0 Å². The predicted octanol–water partition coefficient (Wildman–Crippen LogP) is 1.57. The van der Waals surface area contributed by atoms with E-state index in [0.29, 0.717) is 42.9 Å². The van der Waals surface area contributed by atoms with E-state index in [-0.39, 0.29) is 12.0 Å². The number of likely N-dealkylation sites (tertiary alicyclic amines) is 1. The molecule has 3 rings (SSSR count). The molecule has 3 heterocycles. The van der Waals surface area contributed by atoms with Crippen LogP contribution in [0.1, 0.15) is 23.7 Å². The fourth-order valence-electron chi connectivity index (χ4n) is 2.64. The van der Waals surface area contributed by atoms with Crippen LogP contribution in [0.15, 0.2) is 30.7 Å². The van der Waals surface area contributed by atoms with Crippen LogP contribution in [0.2, 0.25) is 0 Å². The van der Waals surface area contributed by atoms with Crippen LogP contribution in [0.4, 0.5) is 0 Å². The molecule has 0 bridgehead atoms. The highest BCUT2D eigenvalue weighted by Crippen LogP contribution is 2.22. The fraction of sp³-hybridized carbons (Fsp3) is 0.412. The van der Waals surface area contributed by atoms with Crippen molar-refractivity contribution in [3.63, 3.8) is 0 Å². The molecular weight excluding hydrogens is 324 g/mol. The van der Waals surface area contributed by atoms with E-state index in [9.17, 15) is 4.79 Å². The Balaban J connectivity index is 1.65. The standard InChI is InChI=1S/C17H20N4O4/c1-3-24-16-13(5-4-7-19-16)17(22)21-8-6-12(11-21)25-15-10-18-9-14(20-15)23-2/h4-5,7,9-10,12H,3,6,8,11H2,1-2H3. The van der Waals surface area contributed by atoms with Gasteiger partial charge in [0, 0.05) is 19.2 Å². The molecule has 1 aliphatic heterocycles. The summed E-state index contributed by atoms with van der Waals surface area (Å²) in [6.07, 6.45) is 5.22. The largest absolute Gasteiger partial charge is 0.480 e. The molecule has 1 aliphatic rings. The van der Waals surface area contributed by atoms with Gasteiger partial charge in [-0.2, -0.15) is 4.98 Å². The molecule has 25 heavy (non-hydrogen) atoms. The molecule has 0 aromatic carbocycles. The van der Waals surface area contributed by atoms with E-state index < -0.39 is 0 Å². The quantitative estimate of drug-likeness (QED) is 0.786. The van der Waals surface area contributed by atoms with Gasteiger partial charge >= 0.3 is 0 Å². The summed E-state index contributed by atoms with van der Waals surface area (Å²) < 4.78 is 16.3. The Hall–Kier alpha value is -2.90. The number of hydrogen-bond acceptors (Lipinski definition) is 7. The number of rotatable bonds is 6. The van der Waals surface area contributed by atoms with Crippen molar-refractivity contribution in [1.29, 1.82) is 0 Å². The molecule has 0 aliphatic carbocycles. The summed E-state index contributed by atoms with van der Waals surface area (Å²) in [6.45, 7) is 3.38. The second-order valence-electron chi connectivity index (χ2n) is 5.47. The maximum Gasteiger partial charge on any atom is 0.259 e. The zero-order valence-electron chi connectivity index (χ0n) is 14.2. The number of hydrogen-bond donors (Lipinski definition) is 0. The van der Waals surface area contributed by atoms with Gasteiger partial charge in [-0.1, -0.05) is 0 Å². The lowest BCUT2D eigenvalue weighted by Crippen LogP contribution is -2.31. The van der Waals surface area contributed by atoms with E-state index in [1.165, 1.54) is 19.5 Å².